The number of nitrogens with one attached hydrogen (secondary N) is 2. The van der Waals surface area contributed by atoms with Crippen molar-refractivity contribution in [2.75, 3.05) is 44.7 Å². The predicted molar refractivity (Wildman–Crippen MR) is 115 cm³/mol. The number of aliphatic imine (C=N–C) groups is 1. The molecule has 1 atom stereocenters. The number of rotatable bonds is 5. The molecule has 3 rings (SSSR count). The normalized spacial score (nSPS) is 22.5. The molecule has 1 unspecified atom stereocenters. The van der Waals surface area contributed by atoms with Crippen LogP contribution in [0.15, 0.2) is 23.3 Å². The van der Waals surface area contributed by atoms with Crippen LogP contribution in [0.3, 0.4) is 0 Å². The number of anilines is 1. The maximum atomic E-state index is 5.61. The topological polar surface area (TPSA) is 65.0 Å². The Labute approximate surface area is 169 Å². The summed E-state index contributed by atoms with van der Waals surface area (Å²) in [7, 11) is 1.83. The zero-order valence-corrected chi connectivity index (χ0v) is 17.8. The number of hydrogen-bond acceptors (Lipinski definition) is 5. The van der Waals surface area contributed by atoms with Crippen LogP contribution in [0.5, 0.6) is 0 Å². The number of ether oxygens (including phenoxy) is 1. The number of guanidine groups is 1. The van der Waals surface area contributed by atoms with E-state index < -0.39 is 0 Å². The molecule has 2 N–H and O–H groups in total. The number of piperidine rings is 1. The number of morpholine rings is 1. The van der Waals surface area contributed by atoms with Crippen LogP contribution < -0.4 is 15.5 Å². The molecule has 0 saturated carbocycles. The Morgan fingerprint density at radius 2 is 2.07 bits per heavy atom. The molecule has 156 valence electrons. The second-order valence-corrected chi connectivity index (χ2v) is 8.13. The predicted octanol–water partition coefficient (Wildman–Crippen LogP) is 1.84. The second-order valence-electron chi connectivity index (χ2n) is 8.13. The summed E-state index contributed by atoms with van der Waals surface area (Å²) in [5.41, 5.74) is 1.16. The van der Waals surface area contributed by atoms with Gasteiger partial charge in [-0.15, -0.1) is 0 Å². The van der Waals surface area contributed by atoms with Gasteiger partial charge in [0, 0.05) is 58.1 Å². The van der Waals surface area contributed by atoms with Crippen molar-refractivity contribution in [1.29, 1.82) is 0 Å². The van der Waals surface area contributed by atoms with Crippen molar-refractivity contribution >= 4 is 11.8 Å². The summed E-state index contributed by atoms with van der Waals surface area (Å²) in [6.07, 6.45) is 4.54. The molecule has 3 heterocycles. The Kier molecular flexibility index (Phi) is 7.50. The van der Waals surface area contributed by atoms with E-state index in [2.05, 4.69) is 63.3 Å². The van der Waals surface area contributed by atoms with E-state index in [1.807, 2.05) is 13.2 Å². The van der Waals surface area contributed by atoms with Gasteiger partial charge in [-0.3, -0.25) is 4.99 Å². The first-order valence-corrected chi connectivity index (χ1v) is 10.6. The first kappa shape index (κ1) is 20.9. The van der Waals surface area contributed by atoms with Crippen LogP contribution in [0.25, 0.3) is 0 Å². The van der Waals surface area contributed by atoms with Crippen molar-refractivity contribution in [3.63, 3.8) is 0 Å². The Morgan fingerprint density at radius 1 is 1.29 bits per heavy atom. The number of aromatic nitrogens is 1. The van der Waals surface area contributed by atoms with Gasteiger partial charge in [-0.2, -0.15) is 0 Å². The van der Waals surface area contributed by atoms with Crippen LogP contribution >= 0.6 is 0 Å². The fourth-order valence-electron chi connectivity index (χ4n) is 3.87. The molecule has 0 spiro atoms. The van der Waals surface area contributed by atoms with Gasteiger partial charge in [-0.25, -0.2) is 4.98 Å². The van der Waals surface area contributed by atoms with Crippen LogP contribution in [-0.4, -0.2) is 73.9 Å². The molecule has 0 bridgehead atoms. The molecule has 2 saturated heterocycles. The highest BCUT2D eigenvalue weighted by atomic mass is 16.5. The first-order valence-electron chi connectivity index (χ1n) is 10.6. The van der Waals surface area contributed by atoms with Gasteiger partial charge in [0.1, 0.15) is 5.82 Å². The number of pyridine rings is 1. The van der Waals surface area contributed by atoms with E-state index in [1.54, 1.807) is 0 Å². The van der Waals surface area contributed by atoms with Crippen molar-refractivity contribution in [2.24, 2.45) is 4.99 Å². The second kappa shape index (κ2) is 10.1. The van der Waals surface area contributed by atoms with Gasteiger partial charge in [0.25, 0.3) is 0 Å². The minimum Gasteiger partial charge on any atom is -0.375 e. The maximum absolute atomic E-state index is 5.61. The lowest BCUT2D eigenvalue weighted by molar-refractivity contribution is 0.0529. The summed E-state index contributed by atoms with van der Waals surface area (Å²) in [4.78, 5) is 13.9. The Balaban J connectivity index is 1.45. The Morgan fingerprint density at radius 3 is 2.68 bits per heavy atom. The van der Waals surface area contributed by atoms with Crippen LogP contribution in [0, 0.1) is 0 Å². The van der Waals surface area contributed by atoms with Crippen molar-refractivity contribution in [3.05, 3.63) is 23.9 Å². The molecule has 0 radical (unpaired) electrons. The van der Waals surface area contributed by atoms with Gasteiger partial charge in [-0.05, 0) is 45.2 Å². The summed E-state index contributed by atoms with van der Waals surface area (Å²) >= 11 is 0. The molecule has 2 aliphatic heterocycles. The minimum atomic E-state index is 0.263. The molecule has 1 aromatic heterocycles. The van der Waals surface area contributed by atoms with Crippen LogP contribution in [0.2, 0.25) is 0 Å². The average molecular weight is 389 g/mol. The van der Waals surface area contributed by atoms with Gasteiger partial charge < -0.3 is 25.2 Å². The van der Waals surface area contributed by atoms with Crippen molar-refractivity contribution in [3.8, 4) is 0 Å². The van der Waals surface area contributed by atoms with E-state index in [0.29, 0.717) is 12.1 Å². The molecule has 0 aliphatic carbocycles. The van der Waals surface area contributed by atoms with Crippen molar-refractivity contribution in [2.45, 2.75) is 58.3 Å². The lowest BCUT2D eigenvalue weighted by Gasteiger charge is -2.35. The van der Waals surface area contributed by atoms with E-state index in [1.165, 1.54) is 0 Å². The van der Waals surface area contributed by atoms with Crippen molar-refractivity contribution < 1.29 is 4.74 Å². The highest BCUT2D eigenvalue weighted by Gasteiger charge is 2.21. The summed E-state index contributed by atoms with van der Waals surface area (Å²) in [5, 5.41) is 7.00. The molecule has 7 nitrogen and oxygen atoms in total. The van der Waals surface area contributed by atoms with Gasteiger partial charge in [-0.1, -0.05) is 6.07 Å². The van der Waals surface area contributed by atoms with E-state index in [-0.39, 0.29) is 6.10 Å². The Hall–Kier alpha value is -1.86. The highest BCUT2D eigenvalue weighted by molar-refractivity contribution is 5.79. The van der Waals surface area contributed by atoms with Gasteiger partial charge >= 0.3 is 0 Å². The zero-order chi connectivity index (χ0) is 19.9. The maximum Gasteiger partial charge on any atom is 0.191 e. The van der Waals surface area contributed by atoms with E-state index in [0.717, 1.165) is 69.5 Å². The molecular weight excluding hydrogens is 352 g/mol. The molecule has 0 aromatic carbocycles. The largest absolute Gasteiger partial charge is 0.375 e. The van der Waals surface area contributed by atoms with Crippen LogP contribution in [0.4, 0.5) is 5.82 Å². The van der Waals surface area contributed by atoms with Gasteiger partial charge in [0.15, 0.2) is 5.96 Å². The quantitative estimate of drug-likeness (QED) is 0.593. The fourth-order valence-corrected chi connectivity index (χ4v) is 3.87. The first-order chi connectivity index (χ1) is 13.5. The third kappa shape index (κ3) is 5.82. The summed E-state index contributed by atoms with van der Waals surface area (Å²) in [6, 6.07) is 5.37. The zero-order valence-electron chi connectivity index (χ0n) is 17.8. The fraction of sp³-hybridized carbons (Fsp3) is 0.714. The molecule has 0 amide bonds. The summed E-state index contributed by atoms with van der Waals surface area (Å²) in [6.45, 7) is 12.2. The summed E-state index contributed by atoms with van der Waals surface area (Å²) in [5.74, 6) is 1.90. The molecule has 1 aromatic rings. The SMILES string of the molecule is CN=C(NCc1ccc(N2CCOC(C)C2)nc1)NC1CCN(C(C)C)CC1. The van der Waals surface area contributed by atoms with Gasteiger partial charge in [0.2, 0.25) is 0 Å². The van der Waals surface area contributed by atoms with E-state index >= 15 is 0 Å². The molecule has 2 aliphatic rings. The van der Waals surface area contributed by atoms with Crippen LogP contribution in [-0.2, 0) is 11.3 Å². The van der Waals surface area contributed by atoms with Gasteiger partial charge in [0.05, 0.1) is 12.7 Å². The number of likely N-dealkylation sites (tertiary alicyclic amines) is 1. The standard InChI is InChI=1S/C21H36N6O/c1-16(2)26-9-7-19(8-10-26)25-21(22-4)24-14-18-5-6-20(23-13-18)27-11-12-28-17(3)15-27/h5-6,13,16-17,19H,7-12,14-15H2,1-4H3,(H2,22,24,25). The molecule has 7 heteroatoms. The van der Waals surface area contributed by atoms with Crippen LogP contribution in [0.1, 0.15) is 39.2 Å². The molecule has 2 fully saturated rings. The van der Waals surface area contributed by atoms with E-state index in [9.17, 15) is 0 Å². The highest BCUT2D eigenvalue weighted by Crippen LogP contribution is 2.16. The molecule has 28 heavy (non-hydrogen) atoms. The smallest absolute Gasteiger partial charge is 0.191 e. The number of hydrogen-bond donors (Lipinski definition) is 2. The molecular formula is C21H36N6O. The average Bonchev–Trinajstić information content (AvgIpc) is 2.72. The van der Waals surface area contributed by atoms with Crippen molar-refractivity contribution in [1.82, 2.24) is 20.5 Å². The third-order valence-corrected chi connectivity index (χ3v) is 5.66. The lowest BCUT2D eigenvalue weighted by atomic mass is 10.0. The van der Waals surface area contributed by atoms with E-state index in [4.69, 9.17) is 4.74 Å². The number of nitrogens with zero attached hydrogens (tertiary/aromatic N) is 4. The summed E-state index contributed by atoms with van der Waals surface area (Å²) < 4.78 is 5.61. The monoisotopic (exact) mass is 388 g/mol. The third-order valence-electron chi connectivity index (χ3n) is 5.66. The minimum absolute atomic E-state index is 0.263. The lowest BCUT2D eigenvalue weighted by Crippen LogP contribution is -2.49. The Bertz CT molecular complexity index is 624.